The zero-order chi connectivity index (χ0) is 17.8. The molecule has 0 atom stereocenters. The Kier molecular flexibility index (Phi) is 5.16. The predicted octanol–water partition coefficient (Wildman–Crippen LogP) is 1.68. The number of nitrogens with zero attached hydrogens (tertiary/aromatic N) is 4. The minimum atomic E-state index is 0.0697. The van der Waals surface area contributed by atoms with Crippen molar-refractivity contribution in [3.8, 4) is 0 Å². The van der Waals surface area contributed by atoms with Crippen LogP contribution in [-0.4, -0.2) is 63.0 Å². The molecule has 0 aliphatic carbocycles. The molecule has 0 bridgehead atoms. The van der Waals surface area contributed by atoms with E-state index in [0.717, 1.165) is 16.9 Å². The van der Waals surface area contributed by atoms with Gasteiger partial charge in [0.2, 0.25) is 11.8 Å². The van der Waals surface area contributed by atoms with Gasteiger partial charge in [-0.15, -0.1) is 10.2 Å². The van der Waals surface area contributed by atoms with E-state index in [1.54, 1.807) is 4.90 Å². The fourth-order valence-electron chi connectivity index (χ4n) is 2.77. The van der Waals surface area contributed by atoms with E-state index in [1.165, 1.54) is 11.8 Å². The topological polar surface area (TPSA) is 97.1 Å². The van der Waals surface area contributed by atoms with Gasteiger partial charge >= 0.3 is 0 Å². The zero-order valence-corrected chi connectivity index (χ0v) is 15.0. The highest BCUT2D eigenvalue weighted by atomic mass is 32.2. The standard InChI is InChI=1S/C17H19N5O3S/c23-16(22-7-9-24-10-8-22)11-26-17-21-20-15(25-17)6-5-14-18-12-3-1-2-4-13(12)19-14/h1-4H,5-11H2,(H,18,19). The molecule has 1 amide bonds. The van der Waals surface area contributed by atoms with Crippen LogP contribution in [-0.2, 0) is 22.4 Å². The van der Waals surface area contributed by atoms with E-state index in [1.807, 2.05) is 24.3 Å². The number of rotatable bonds is 6. The van der Waals surface area contributed by atoms with Gasteiger partial charge in [0.25, 0.3) is 5.22 Å². The summed E-state index contributed by atoms with van der Waals surface area (Å²) in [5.41, 5.74) is 1.97. The molecule has 0 unspecified atom stereocenters. The van der Waals surface area contributed by atoms with Gasteiger partial charge in [-0.25, -0.2) is 4.98 Å². The van der Waals surface area contributed by atoms with Crippen molar-refractivity contribution in [2.45, 2.75) is 18.1 Å². The van der Waals surface area contributed by atoms with E-state index < -0.39 is 0 Å². The summed E-state index contributed by atoms with van der Waals surface area (Å²) in [6.07, 6.45) is 1.29. The number of morpholine rings is 1. The molecule has 1 aliphatic rings. The van der Waals surface area contributed by atoms with Gasteiger partial charge in [-0.1, -0.05) is 23.9 Å². The second-order valence-corrected chi connectivity index (χ2v) is 6.87. The third-order valence-corrected chi connectivity index (χ3v) is 4.95. The molecule has 0 saturated carbocycles. The lowest BCUT2D eigenvalue weighted by molar-refractivity contribution is -0.132. The van der Waals surface area contributed by atoms with Crippen LogP contribution in [0.4, 0.5) is 0 Å². The molecule has 0 spiro atoms. The number of aromatic nitrogens is 4. The number of carbonyl (C=O) groups excluding carboxylic acids is 1. The first-order valence-electron chi connectivity index (χ1n) is 8.52. The van der Waals surface area contributed by atoms with Crippen LogP contribution in [0.5, 0.6) is 0 Å². The Labute approximate surface area is 154 Å². The maximum Gasteiger partial charge on any atom is 0.277 e. The molecule has 1 fully saturated rings. The number of benzene rings is 1. The van der Waals surface area contributed by atoms with E-state index in [4.69, 9.17) is 9.15 Å². The summed E-state index contributed by atoms with van der Waals surface area (Å²) in [5.74, 6) is 1.80. The maximum absolute atomic E-state index is 12.1. The molecule has 3 heterocycles. The molecule has 1 aromatic carbocycles. The lowest BCUT2D eigenvalue weighted by atomic mass is 10.3. The molecular weight excluding hydrogens is 354 g/mol. The fraction of sp³-hybridized carbons (Fsp3) is 0.412. The molecule has 136 valence electrons. The Balaban J connectivity index is 1.28. The van der Waals surface area contributed by atoms with Crippen LogP contribution in [0, 0.1) is 0 Å². The molecule has 0 radical (unpaired) electrons. The summed E-state index contributed by atoms with van der Waals surface area (Å²) >= 11 is 1.27. The van der Waals surface area contributed by atoms with Gasteiger partial charge < -0.3 is 19.0 Å². The van der Waals surface area contributed by atoms with Gasteiger partial charge in [-0.2, -0.15) is 0 Å². The van der Waals surface area contributed by atoms with E-state index in [2.05, 4.69) is 20.2 Å². The largest absolute Gasteiger partial charge is 0.416 e. The second-order valence-electron chi connectivity index (χ2n) is 5.94. The van der Waals surface area contributed by atoms with Crippen molar-refractivity contribution >= 4 is 28.7 Å². The average Bonchev–Trinajstić information content (AvgIpc) is 3.31. The van der Waals surface area contributed by atoms with E-state index >= 15 is 0 Å². The number of para-hydroxylation sites is 2. The van der Waals surface area contributed by atoms with Crippen molar-refractivity contribution in [2.24, 2.45) is 0 Å². The van der Waals surface area contributed by atoms with Gasteiger partial charge in [0, 0.05) is 25.9 Å². The summed E-state index contributed by atoms with van der Waals surface area (Å²) in [5, 5.41) is 8.48. The minimum Gasteiger partial charge on any atom is -0.416 e. The Morgan fingerprint density at radius 2 is 2.04 bits per heavy atom. The van der Waals surface area contributed by atoms with Crippen molar-refractivity contribution in [1.82, 2.24) is 25.1 Å². The smallest absolute Gasteiger partial charge is 0.277 e. The van der Waals surface area contributed by atoms with E-state index in [0.29, 0.717) is 56.0 Å². The van der Waals surface area contributed by atoms with Crippen molar-refractivity contribution in [3.63, 3.8) is 0 Å². The van der Waals surface area contributed by atoms with Gasteiger partial charge in [-0.3, -0.25) is 4.79 Å². The van der Waals surface area contributed by atoms with Crippen LogP contribution in [0.2, 0.25) is 0 Å². The van der Waals surface area contributed by atoms with Gasteiger partial charge in [0.15, 0.2) is 0 Å². The monoisotopic (exact) mass is 373 g/mol. The van der Waals surface area contributed by atoms with Gasteiger partial charge in [-0.05, 0) is 12.1 Å². The second kappa shape index (κ2) is 7.88. The number of aromatic amines is 1. The zero-order valence-electron chi connectivity index (χ0n) is 14.2. The summed E-state index contributed by atoms with van der Waals surface area (Å²) < 4.78 is 10.9. The van der Waals surface area contributed by atoms with Crippen LogP contribution in [0.3, 0.4) is 0 Å². The SMILES string of the molecule is O=C(CSc1nnc(CCc2nc3ccccc3[nH]2)o1)N1CCOCC1. The predicted molar refractivity (Wildman–Crippen MR) is 95.9 cm³/mol. The third-order valence-electron chi connectivity index (χ3n) is 4.15. The van der Waals surface area contributed by atoms with Crippen molar-refractivity contribution in [3.05, 3.63) is 36.0 Å². The molecule has 1 aliphatic heterocycles. The normalized spacial score (nSPS) is 14.8. The molecule has 1 N–H and O–H groups in total. The van der Waals surface area contributed by atoms with Crippen molar-refractivity contribution in [1.29, 1.82) is 0 Å². The van der Waals surface area contributed by atoms with Gasteiger partial charge in [0.05, 0.1) is 30.0 Å². The Morgan fingerprint density at radius 3 is 2.88 bits per heavy atom. The number of aryl methyl sites for hydroxylation is 2. The number of fused-ring (bicyclic) bond motifs is 1. The van der Waals surface area contributed by atoms with Crippen LogP contribution in [0.25, 0.3) is 11.0 Å². The first-order chi connectivity index (χ1) is 12.8. The number of H-pyrrole nitrogens is 1. The summed E-state index contributed by atoms with van der Waals surface area (Å²) in [4.78, 5) is 21.7. The number of hydrogen-bond donors (Lipinski definition) is 1. The minimum absolute atomic E-state index is 0.0697. The first kappa shape index (κ1) is 17.0. The van der Waals surface area contributed by atoms with E-state index in [-0.39, 0.29) is 5.91 Å². The highest BCUT2D eigenvalue weighted by Crippen LogP contribution is 2.18. The number of nitrogens with one attached hydrogen (secondary N) is 1. The van der Waals surface area contributed by atoms with E-state index in [9.17, 15) is 4.79 Å². The number of amides is 1. The lowest BCUT2D eigenvalue weighted by Gasteiger charge is -2.26. The molecule has 9 heteroatoms. The van der Waals surface area contributed by atoms with Crippen LogP contribution in [0.15, 0.2) is 33.9 Å². The average molecular weight is 373 g/mol. The molecule has 8 nitrogen and oxygen atoms in total. The Hall–Kier alpha value is -2.39. The van der Waals surface area contributed by atoms with Crippen LogP contribution < -0.4 is 0 Å². The number of thioether (sulfide) groups is 1. The Morgan fingerprint density at radius 1 is 1.19 bits per heavy atom. The highest BCUT2D eigenvalue weighted by molar-refractivity contribution is 7.99. The molecule has 3 aromatic rings. The third kappa shape index (κ3) is 4.05. The molecule has 4 rings (SSSR count). The quantitative estimate of drug-likeness (QED) is 0.657. The number of imidazole rings is 1. The summed E-state index contributed by atoms with van der Waals surface area (Å²) in [6.45, 7) is 2.49. The fourth-order valence-corrected chi connectivity index (χ4v) is 3.46. The summed E-state index contributed by atoms with van der Waals surface area (Å²) in [6, 6.07) is 7.91. The lowest BCUT2D eigenvalue weighted by Crippen LogP contribution is -2.41. The number of ether oxygens (including phenoxy) is 1. The number of carbonyl (C=O) groups is 1. The molecular formula is C17H19N5O3S. The number of hydrogen-bond acceptors (Lipinski definition) is 7. The van der Waals surface area contributed by atoms with Crippen LogP contribution >= 0.6 is 11.8 Å². The van der Waals surface area contributed by atoms with Gasteiger partial charge in [0.1, 0.15) is 5.82 Å². The molecule has 26 heavy (non-hydrogen) atoms. The maximum atomic E-state index is 12.1. The Bertz CT molecular complexity index is 854. The highest BCUT2D eigenvalue weighted by Gasteiger charge is 2.18. The van der Waals surface area contributed by atoms with Crippen molar-refractivity contribution in [2.75, 3.05) is 32.1 Å². The van der Waals surface area contributed by atoms with Crippen molar-refractivity contribution < 1.29 is 13.9 Å². The summed E-state index contributed by atoms with van der Waals surface area (Å²) in [7, 11) is 0. The van der Waals surface area contributed by atoms with Crippen LogP contribution in [0.1, 0.15) is 11.7 Å². The molecule has 2 aromatic heterocycles. The first-order valence-corrected chi connectivity index (χ1v) is 9.51. The molecule has 1 saturated heterocycles.